The molecule has 0 aromatic heterocycles. The molecule has 234 valence electrons. The number of aliphatic hydroxyl groups excluding tert-OH is 3. The molecule has 41 heavy (non-hydrogen) atoms. The Morgan fingerprint density at radius 1 is 0.878 bits per heavy atom. The van der Waals surface area contributed by atoms with Crippen LogP contribution in [-0.2, 0) is 33.5 Å². The lowest BCUT2D eigenvalue weighted by Crippen LogP contribution is -2.59. The van der Waals surface area contributed by atoms with Gasteiger partial charge in [-0.15, -0.1) is 0 Å². The van der Waals surface area contributed by atoms with Crippen LogP contribution in [0.15, 0.2) is 0 Å². The van der Waals surface area contributed by atoms with E-state index in [1.165, 1.54) is 13.8 Å². The fraction of sp³-hybridized carbons (Fsp3) is 0.708. The number of carbonyl (C=O) groups is 7. The van der Waals surface area contributed by atoms with E-state index in [1.807, 2.05) is 0 Å². The quantitative estimate of drug-likeness (QED) is 0.0755. The number of alkyl carbamates (subject to hydrolysis) is 1. The van der Waals surface area contributed by atoms with Gasteiger partial charge in [0, 0.05) is 13.3 Å². The monoisotopic (exact) mass is 591 g/mol. The molecule has 0 spiro atoms. The number of ether oxygens (including phenoxy) is 1. The van der Waals surface area contributed by atoms with E-state index in [4.69, 9.17) is 15.6 Å². The minimum absolute atomic E-state index is 0.115. The minimum Gasteiger partial charge on any atom is -0.480 e. The number of primary amides is 1. The molecule has 5 amide bonds. The average molecular weight is 592 g/mol. The van der Waals surface area contributed by atoms with Crippen molar-refractivity contribution in [2.45, 2.75) is 96.4 Å². The van der Waals surface area contributed by atoms with Crippen molar-refractivity contribution < 1.29 is 58.7 Å². The number of ketones is 1. The molecule has 0 aliphatic heterocycles. The van der Waals surface area contributed by atoms with Crippen LogP contribution in [0.3, 0.4) is 0 Å². The Labute approximate surface area is 236 Å². The lowest BCUT2D eigenvalue weighted by molar-refractivity contribution is -0.142. The Kier molecular flexibility index (Phi) is 16.1. The number of aliphatic hydroxyl groups is 3. The molecule has 0 rings (SSSR count). The lowest BCUT2D eigenvalue weighted by Gasteiger charge is -2.32. The summed E-state index contributed by atoms with van der Waals surface area (Å²) in [5, 5.41) is 47.4. The number of nitrogens with two attached hydrogens (primary N) is 1. The van der Waals surface area contributed by atoms with E-state index in [9.17, 15) is 48.9 Å². The van der Waals surface area contributed by atoms with Gasteiger partial charge in [0.15, 0.2) is 11.9 Å². The fourth-order valence-corrected chi connectivity index (χ4v) is 3.54. The van der Waals surface area contributed by atoms with Crippen LogP contribution in [-0.4, -0.2) is 111 Å². The number of nitrogens with one attached hydrogen (secondary N) is 4. The molecule has 0 aliphatic carbocycles. The zero-order chi connectivity index (χ0) is 32.0. The van der Waals surface area contributed by atoms with Gasteiger partial charge in [-0.25, -0.2) is 9.59 Å². The van der Waals surface area contributed by atoms with Crippen molar-refractivity contribution >= 4 is 41.5 Å². The van der Waals surface area contributed by atoms with Crippen LogP contribution < -0.4 is 27.0 Å². The average Bonchev–Trinajstić information content (AvgIpc) is 2.88. The van der Waals surface area contributed by atoms with Gasteiger partial charge in [-0.05, 0) is 25.7 Å². The molecule has 0 aromatic rings. The van der Waals surface area contributed by atoms with E-state index in [1.54, 1.807) is 6.92 Å². The number of carboxylic acids is 1. The molecule has 0 bridgehead atoms. The third kappa shape index (κ3) is 12.9. The summed E-state index contributed by atoms with van der Waals surface area (Å²) < 4.78 is 5.11. The second kappa shape index (κ2) is 17.8. The first-order valence-electron chi connectivity index (χ1n) is 12.8. The molecule has 0 aromatic carbocycles. The molecular weight excluding hydrogens is 550 g/mol. The highest BCUT2D eigenvalue weighted by Gasteiger charge is 2.40. The Morgan fingerprint density at radius 2 is 1.46 bits per heavy atom. The zero-order valence-electron chi connectivity index (χ0n) is 23.6. The standard InChI is InChI=1S/C24H41N5O12/c1-6-13(23(38)39)27-16(34)8-7-14(21(25)36)28-22(37)17(10(2)3)29-24(40)41-20(19(35)15(33)9-30)18(11(4)31)26-12(5)32/h10,13-15,17-20,30,33,35H,6-9H2,1-5H3,(H2,25,36)(H,26,32)(H,27,34)(H,28,37)(H,29,40)(H,38,39)/t13?,14?,15-,17?,18+,19-,20-/m1/s1. The molecule has 17 heteroatoms. The van der Waals surface area contributed by atoms with Crippen LogP contribution in [0, 0.1) is 5.92 Å². The first-order chi connectivity index (χ1) is 19.0. The molecule has 0 heterocycles. The van der Waals surface area contributed by atoms with Crippen molar-refractivity contribution in [3.05, 3.63) is 0 Å². The number of hydrogen-bond donors (Lipinski definition) is 9. The summed E-state index contributed by atoms with van der Waals surface area (Å²) in [5.41, 5.74) is 5.34. The van der Waals surface area contributed by atoms with Gasteiger partial charge < -0.3 is 52.2 Å². The van der Waals surface area contributed by atoms with Crippen molar-refractivity contribution in [2.75, 3.05) is 6.61 Å². The van der Waals surface area contributed by atoms with E-state index in [-0.39, 0.29) is 19.3 Å². The minimum atomic E-state index is -2.03. The number of carboxylic acid groups (broad SMARTS) is 1. The molecule has 0 fully saturated rings. The molecule has 17 nitrogen and oxygen atoms in total. The second-order valence-corrected chi connectivity index (χ2v) is 9.63. The SMILES string of the molecule is CCC(NC(=O)CCC(NC(=O)C(NC(=O)O[C@@H]([C@H](O)[C@H](O)CO)[C@@H](NC(C)=O)C(C)=O)C(C)C)C(N)=O)C(=O)O. The summed E-state index contributed by atoms with van der Waals surface area (Å²) in [6.07, 6.45) is -7.68. The Balaban J connectivity index is 5.66. The molecular formula is C24H41N5O12. The van der Waals surface area contributed by atoms with E-state index in [0.717, 1.165) is 13.8 Å². The van der Waals surface area contributed by atoms with E-state index < -0.39 is 96.5 Å². The van der Waals surface area contributed by atoms with Gasteiger partial charge in [-0.1, -0.05) is 20.8 Å². The third-order valence-electron chi connectivity index (χ3n) is 5.87. The van der Waals surface area contributed by atoms with Gasteiger partial charge in [0.25, 0.3) is 0 Å². The predicted molar refractivity (Wildman–Crippen MR) is 140 cm³/mol. The summed E-state index contributed by atoms with van der Waals surface area (Å²) in [6, 6.07) is -5.53. The smallest absolute Gasteiger partial charge is 0.408 e. The second-order valence-electron chi connectivity index (χ2n) is 9.63. The first-order valence-corrected chi connectivity index (χ1v) is 12.8. The van der Waals surface area contributed by atoms with Gasteiger partial charge in [-0.2, -0.15) is 0 Å². The van der Waals surface area contributed by atoms with Gasteiger partial charge in [-0.3, -0.25) is 24.0 Å². The zero-order valence-corrected chi connectivity index (χ0v) is 23.6. The van der Waals surface area contributed by atoms with Crippen LogP contribution in [0.2, 0.25) is 0 Å². The topological polar surface area (TPSA) is 284 Å². The maximum atomic E-state index is 13.0. The van der Waals surface area contributed by atoms with Crippen LogP contribution in [0.4, 0.5) is 4.79 Å². The molecule has 0 saturated carbocycles. The van der Waals surface area contributed by atoms with Gasteiger partial charge in [0.05, 0.1) is 6.61 Å². The van der Waals surface area contributed by atoms with Gasteiger partial charge in [0.1, 0.15) is 36.4 Å². The van der Waals surface area contributed by atoms with E-state index in [0.29, 0.717) is 0 Å². The number of Topliss-reactive ketones (excluding diaryl/α,β-unsaturated/α-hetero) is 1. The first kappa shape index (κ1) is 37.2. The van der Waals surface area contributed by atoms with E-state index in [2.05, 4.69) is 21.3 Å². The number of hydrogen-bond acceptors (Lipinski definition) is 11. The number of carbonyl (C=O) groups excluding carboxylic acids is 6. The largest absolute Gasteiger partial charge is 0.480 e. The van der Waals surface area contributed by atoms with Crippen LogP contribution in [0.25, 0.3) is 0 Å². The number of rotatable bonds is 18. The van der Waals surface area contributed by atoms with Crippen molar-refractivity contribution in [3.63, 3.8) is 0 Å². The molecule has 7 atom stereocenters. The predicted octanol–water partition coefficient (Wildman–Crippen LogP) is -3.36. The van der Waals surface area contributed by atoms with Crippen molar-refractivity contribution in [1.29, 1.82) is 0 Å². The summed E-state index contributed by atoms with van der Waals surface area (Å²) in [5.74, 6) is -6.00. The van der Waals surface area contributed by atoms with Crippen LogP contribution in [0.5, 0.6) is 0 Å². The maximum Gasteiger partial charge on any atom is 0.408 e. The highest BCUT2D eigenvalue weighted by molar-refractivity contribution is 5.92. The molecule has 10 N–H and O–H groups in total. The number of amides is 5. The van der Waals surface area contributed by atoms with E-state index >= 15 is 0 Å². The Hall–Kier alpha value is -3.83. The third-order valence-corrected chi connectivity index (χ3v) is 5.87. The summed E-state index contributed by atoms with van der Waals surface area (Å²) in [6.45, 7) is 5.68. The molecule has 0 radical (unpaired) electrons. The summed E-state index contributed by atoms with van der Waals surface area (Å²) in [7, 11) is 0. The molecule has 3 unspecified atom stereocenters. The highest BCUT2D eigenvalue weighted by Crippen LogP contribution is 2.13. The normalized spacial score (nSPS) is 16.1. The fourth-order valence-electron chi connectivity index (χ4n) is 3.54. The Bertz CT molecular complexity index is 959. The maximum absolute atomic E-state index is 13.0. The van der Waals surface area contributed by atoms with Crippen LogP contribution >= 0.6 is 0 Å². The lowest BCUT2D eigenvalue weighted by atomic mass is 9.98. The Morgan fingerprint density at radius 3 is 1.88 bits per heavy atom. The van der Waals surface area contributed by atoms with Crippen molar-refractivity contribution in [2.24, 2.45) is 11.7 Å². The van der Waals surface area contributed by atoms with Gasteiger partial charge >= 0.3 is 12.1 Å². The van der Waals surface area contributed by atoms with Crippen LogP contribution in [0.1, 0.15) is 53.9 Å². The summed E-state index contributed by atoms with van der Waals surface area (Å²) in [4.78, 5) is 84.5. The summed E-state index contributed by atoms with van der Waals surface area (Å²) >= 11 is 0. The highest BCUT2D eigenvalue weighted by atomic mass is 16.6. The van der Waals surface area contributed by atoms with Gasteiger partial charge in [0.2, 0.25) is 23.6 Å². The van der Waals surface area contributed by atoms with Crippen molar-refractivity contribution in [3.8, 4) is 0 Å². The number of aliphatic carboxylic acids is 1. The molecule has 0 saturated heterocycles. The molecule has 0 aliphatic rings. The van der Waals surface area contributed by atoms with Crippen molar-refractivity contribution in [1.82, 2.24) is 21.3 Å².